The molecule has 0 bridgehead atoms. The van der Waals surface area contributed by atoms with Crippen molar-refractivity contribution in [3.05, 3.63) is 151 Å². The quantitative estimate of drug-likeness (QED) is 0.192. The first kappa shape index (κ1) is 19.5. The van der Waals surface area contributed by atoms with Crippen molar-refractivity contribution in [3.63, 3.8) is 0 Å². The van der Waals surface area contributed by atoms with Crippen molar-refractivity contribution < 1.29 is 16.8 Å². The summed E-state index contributed by atoms with van der Waals surface area (Å²) in [6, 6.07) is 27.4. The van der Waals surface area contributed by atoms with E-state index >= 15 is 0 Å². The molecule has 0 aliphatic carbocycles. The van der Waals surface area contributed by atoms with E-state index in [1.54, 1.807) is 11.3 Å². The monoisotopic (exact) mass is 640 g/mol. The average molecular weight is 641 g/mol. The third-order valence-electron chi connectivity index (χ3n) is 8.47. The molecule has 3 heterocycles. The Bertz CT molecular complexity index is 3350. The van der Waals surface area contributed by atoms with Gasteiger partial charge in [0.2, 0.25) is 0 Å². The summed E-state index contributed by atoms with van der Waals surface area (Å²) in [5.74, 6) is 0.520. The molecule has 0 saturated carbocycles. The zero-order valence-corrected chi connectivity index (χ0v) is 25.7. The lowest BCUT2D eigenvalue weighted by atomic mass is 9.99. The maximum Gasteiger partial charge on any atom is 0.167 e. The number of fused-ring (bicyclic) bond motifs is 8. The van der Waals surface area contributed by atoms with E-state index in [1.165, 1.54) is 0 Å². The van der Waals surface area contributed by atoms with Crippen LogP contribution in [-0.2, 0) is 0 Å². The smallest absolute Gasteiger partial charge is 0.167 e. The van der Waals surface area contributed by atoms with Crippen LogP contribution in [0, 0.1) is 0 Å². The third-order valence-corrected chi connectivity index (χ3v) is 9.59. The Labute approximate surface area is 292 Å². The molecule has 4 nitrogen and oxygen atoms in total. The van der Waals surface area contributed by atoms with E-state index in [9.17, 15) is 0 Å². The first-order chi connectivity index (χ1) is 27.5. The predicted octanol–water partition coefficient (Wildman–Crippen LogP) is 12.0. The van der Waals surface area contributed by atoms with Gasteiger partial charge in [0.15, 0.2) is 17.5 Å². The average Bonchev–Trinajstić information content (AvgIpc) is 3.82. The maximum absolute atomic E-state index is 9.17. The predicted molar refractivity (Wildman–Crippen MR) is 199 cm³/mol. The van der Waals surface area contributed by atoms with E-state index < -0.39 is 54.4 Å². The van der Waals surface area contributed by atoms with Crippen molar-refractivity contribution in [2.24, 2.45) is 0 Å². The van der Waals surface area contributed by atoms with E-state index in [2.05, 4.69) is 30.3 Å². The second kappa shape index (κ2) is 10.7. The van der Waals surface area contributed by atoms with Gasteiger partial charge in [0.05, 0.1) is 17.9 Å². The summed E-state index contributed by atoms with van der Waals surface area (Å²) in [6.45, 7) is 0. The van der Waals surface area contributed by atoms with Crippen molar-refractivity contribution in [1.82, 2.24) is 15.0 Å². The van der Waals surface area contributed by atoms with E-state index in [1.807, 2.05) is 66.7 Å². The van der Waals surface area contributed by atoms with Gasteiger partial charge in [-0.15, -0.1) is 11.3 Å². The lowest BCUT2D eigenvalue weighted by Crippen LogP contribution is -2.00. The zero-order chi connectivity index (χ0) is 39.4. The number of hydrogen-bond donors (Lipinski definition) is 0. The van der Waals surface area contributed by atoms with Crippen molar-refractivity contribution >= 4 is 64.2 Å². The molecule has 3 aromatic heterocycles. The lowest BCUT2D eigenvalue weighted by molar-refractivity contribution is 0.673. The van der Waals surface area contributed by atoms with Crippen LogP contribution in [0.4, 0.5) is 0 Å². The van der Waals surface area contributed by atoms with Gasteiger partial charge in [-0.05, 0) is 40.7 Å². The highest BCUT2D eigenvalue weighted by molar-refractivity contribution is 7.26. The number of hydrogen-bond acceptors (Lipinski definition) is 5. The molecule has 0 saturated heterocycles. The topological polar surface area (TPSA) is 51.8 Å². The number of para-hydroxylation sites is 1. The van der Waals surface area contributed by atoms with Crippen molar-refractivity contribution in [2.75, 3.05) is 0 Å². The minimum atomic E-state index is -0.559. The molecule has 0 unspecified atom stereocenters. The molecule has 7 aromatic carbocycles. The number of aromatic nitrogens is 3. The minimum Gasteiger partial charge on any atom is -0.455 e. The van der Waals surface area contributed by atoms with Gasteiger partial charge in [0.25, 0.3) is 0 Å². The van der Waals surface area contributed by atoms with Crippen LogP contribution in [0.5, 0.6) is 0 Å². The van der Waals surface area contributed by atoms with Crippen LogP contribution < -0.4 is 0 Å². The molecule has 0 aliphatic rings. The van der Waals surface area contributed by atoms with E-state index in [4.69, 9.17) is 31.7 Å². The molecule has 0 N–H and O–H groups in total. The molecule has 0 aliphatic heterocycles. The first-order valence-corrected chi connectivity index (χ1v) is 16.0. The molecular formula is C43H25N3OS. The van der Waals surface area contributed by atoms with Gasteiger partial charge in [0.1, 0.15) is 11.2 Å². The summed E-state index contributed by atoms with van der Waals surface area (Å²) in [6.07, 6.45) is 0. The molecule has 0 amide bonds. The van der Waals surface area contributed by atoms with Crippen LogP contribution in [0.3, 0.4) is 0 Å². The minimum absolute atomic E-state index is 0.0342. The Morgan fingerprint density at radius 3 is 2.06 bits per heavy atom. The highest BCUT2D eigenvalue weighted by Crippen LogP contribution is 2.42. The lowest BCUT2D eigenvalue weighted by Gasteiger charge is -2.09. The first-order valence-electron chi connectivity index (χ1n) is 19.7. The zero-order valence-electron chi connectivity index (χ0n) is 33.9. The van der Waals surface area contributed by atoms with Crippen LogP contribution in [0.25, 0.3) is 98.2 Å². The second-order valence-corrected chi connectivity index (χ2v) is 12.4. The van der Waals surface area contributed by atoms with Gasteiger partial charge in [-0.25, -0.2) is 15.0 Å². The number of furan rings is 1. The molecule has 10 rings (SSSR count). The number of nitrogens with zero attached hydrogens (tertiary/aromatic N) is 3. The summed E-state index contributed by atoms with van der Waals surface area (Å²) >= 11 is 1.65. The normalized spacial score (nSPS) is 14.4. The molecular weight excluding hydrogens is 607 g/mol. The summed E-state index contributed by atoms with van der Waals surface area (Å²) in [5.41, 5.74) is 3.23. The summed E-state index contributed by atoms with van der Waals surface area (Å²) in [5, 5.41) is 1.74. The molecule has 0 atom stereocenters. The highest BCUT2D eigenvalue weighted by Gasteiger charge is 2.19. The molecule has 0 fully saturated rings. The molecule has 0 spiro atoms. The Morgan fingerprint density at radius 2 is 1.21 bits per heavy atom. The molecule has 5 heteroatoms. The van der Waals surface area contributed by atoms with Crippen molar-refractivity contribution in [1.29, 1.82) is 0 Å². The van der Waals surface area contributed by atoms with Gasteiger partial charge in [0, 0.05) is 47.5 Å². The number of benzene rings is 7. The van der Waals surface area contributed by atoms with Crippen LogP contribution in [-0.4, -0.2) is 15.0 Å². The van der Waals surface area contributed by atoms with Crippen molar-refractivity contribution in [3.8, 4) is 45.3 Å². The van der Waals surface area contributed by atoms with Crippen LogP contribution >= 0.6 is 11.3 Å². The van der Waals surface area contributed by atoms with E-state index in [0.717, 1.165) is 31.3 Å². The number of rotatable bonds is 4. The van der Waals surface area contributed by atoms with Gasteiger partial charge in [-0.1, -0.05) is 127 Å². The number of thiophene rings is 1. The standard InChI is InChI=1S/C43H25N3OS/c1-3-11-26(12-4-1)30-17-10-20-36-38(30)34-24-22-29(25-37(34)48-36)42-44-41(28-14-5-2-6-15-28)45-43(46-42)35-19-9-18-32-33-23-21-27-13-7-8-16-31(27)39(33)47-40(32)35/h1-25H/i7D,8D,9D,13D,16D,18D,19D,21D,23D. The largest absolute Gasteiger partial charge is 0.455 e. The Hall–Kier alpha value is -6.17. The molecule has 224 valence electrons. The fraction of sp³-hybridized carbons (Fsp3) is 0. The fourth-order valence-corrected chi connectivity index (χ4v) is 7.42. The SMILES string of the molecule is [2H]c1c([2H])c([2H])c2c(oc3c4c([2H])c([2H])c([2H])c([2H])c4c([2H])c([2H])c32)c1-c1nc(-c2ccccc2)nc(-c2ccc3c(c2)sc2cccc(-c4ccccc4)c23)n1. The fourth-order valence-electron chi connectivity index (χ4n) is 6.25. The highest BCUT2D eigenvalue weighted by atomic mass is 32.1. The second-order valence-electron chi connectivity index (χ2n) is 11.3. The van der Waals surface area contributed by atoms with Crippen LogP contribution in [0.2, 0.25) is 0 Å². The molecule has 48 heavy (non-hydrogen) atoms. The van der Waals surface area contributed by atoms with Crippen molar-refractivity contribution in [2.45, 2.75) is 0 Å². The van der Waals surface area contributed by atoms with Crippen LogP contribution in [0.1, 0.15) is 12.3 Å². The Kier molecular flexibility index (Phi) is 4.34. The van der Waals surface area contributed by atoms with Gasteiger partial charge in [-0.3, -0.25) is 0 Å². The van der Waals surface area contributed by atoms with Crippen LogP contribution in [0.15, 0.2) is 156 Å². The molecule has 10 aromatic rings. The Morgan fingerprint density at radius 1 is 0.479 bits per heavy atom. The van der Waals surface area contributed by atoms with Gasteiger partial charge >= 0.3 is 0 Å². The van der Waals surface area contributed by atoms with E-state index in [-0.39, 0.29) is 55.7 Å². The third kappa shape index (κ3) is 4.25. The summed E-state index contributed by atoms with van der Waals surface area (Å²) in [7, 11) is 0. The molecule has 0 radical (unpaired) electrons. The summed E-state index contributed by atoms with van der Waals surface area (Å²) < 4.78 is 87.2. The van der Waals surface area contributed by atoms with Gasteiger partial charge < -0.3 is 4.42 Å². The summed E-state index contributed by atoms with van der Waals surface area (Å²) in [4.78, 5) is 14.6. The van der Waals surface area contributed by atoms with Gasteiger partial charge in [-0.2, -0.15) is 0 Å². The maximum atomic E-state index is 9.17. The Balaban J connectivity index is 1.26. The van der Waals surface area contributed by atoms with E-state index in [0.29, 0.717) is 11.1 Å².